The van der Waals surface area contributed by atoms with Gasteiger partial charge in [0.15, 0.2) is 0 Å². The van der Waals surface area contributed by atoms with Crippen LogP contribution in [0.25, 0.3) is 0 Å². The molecule has 2 heterocycles. The van der Waals surface area contributed by atoms with Gasteiger partial charge in [0, 0.05) is 12.1 Å². The van der Waals surface area contributed by atoms with Gasteiger partial charge in [-0.1, -0.05) is 30.3 Å². The van der Waals surface area contributed by atoms with Crippen molar-refractivity contribution in [2.45, 2.75) is 45.3 Å². The van der Waals surface area contributed by atoms with Gasteiger partial charge in [0.1, 0.15) is 23.2 Å². The fourth-order valence-corrected chi connectivity index (χ4v) is 5.02. The first-order valence-electron chi connectivity index (χ1n) is 10.2. The Kier molecular flexibility index (Phi) is 5.16. The molecular formula is C25H24N2O4. The summed E-state index contributed by atoms with van der Waals surface area (Å²) in [5.41, 5.74) is 1.01. The number of hydrogen-bond donors (Lipinski definition) is 1. The van der Waals surface area contributed by atoms with Gasteiger partial charge >= 0.3 is 0 Å². The van der Waals surface area contributed by atoms with E-state index < -0.39 is 23.0 Å². The Bertz CT molecular complexity index is 1230. The summed E-state index contributed by atoms with van der Waals surface area (Å²) in [6.45, 7) is 5.18. The number of carbonyl (C=O) groups excluding carboxylic acids is 1. The molecule has 6 nitrogen and oxygen atoms in total. The second-order valence-corrected chi connectivity index (χ2v) is 8.46. The number of furan rings is 1. The molecule has 0 bridgehead atoms. The van der Waals surface area contributed by atoms with Crippen LogP contribution < -0.4 is 5.56 Å². The second-order valence-electron chi connectivity index (χ2n) is 8.46. The molecular weight excluding hydrogens is 392 g/mol. The topological polar surface area (TPSA) is 96.2 Å². The number of fused-ring (bicyclic) bond motifs is 1. The van der Waals surface area contributed by atoms with Gasteiger partial charge in [0.05, 0.1) is 30.2 Å². The van der Waals surface area contributed by atoms with Crippen LogP contribution in [0.2, 0.25) is 0 Å². The smallest absolute Gasteiger partial charge is 0.269 e. The standard InChI is InChI=1S/C25H24N2O4/c1-15-21-18(19(13-26)24(29)27(15)14-17-8-5-4-6-9-17)12-25(3,30)23(16(2)28)22(21)20-10-7-11-31-20/h4-11,22-23,30H,12,14H2,1-3H3. The van der Waals surface area contributed by atoms with Gasteiger partial charge in [-0.05, 0) is 49.6 Å². The molecule has 6 heteroatoms. The summed E-state index contributed by atoms with van der Waals surface area (Å²) in [4.78, 5) is 26.0. The number of carbonyl (C=O) groups is 1. The minimum Gasteiger partial charge on any atom is -0.469 e. The van der Waals surface area contributed by atoms with Crippen LogP contribution in [0, 0.1) is 24.2 Å². The van der Waals surface area contributed by atoms with E-state index in [1.165, 1.54) is 13.2 Å². The molecule has 3 unspecified atom stereocenters. The molecule has 1 N–H and O–H groups in total. The van der Waals surface area contributed by atoms with Gasteiger partial charge in [-0.3, -0.25) is 9.59 Å². The van der Waals surface area contributed by atoms with Crippen LogP contribution in [0.4, 0.5) is 0 Å². The average Bonchev–Trinajstić information content (AvgIpc) is 3.25. The third-order valence-electron chi connectivity index (χ3n) is 6.31. The van der Waals surface area contributed by atoms with E-state index in [0.29, 0.717) is 29.1 Å². The Morgan fingerprint density at radius 1 is 1.29 bits per heavy atom. The maximum atomic E-state index is 13.3. The highest BCUT2D eigenvalue weighted by Crippen LogP contribution is 2.47. The van der Waals surface area contributed by atoms with Crippen LogP contribution >= 0.6 is 0 Å². The molecule has 3 aromatic rings. The van der Waals surface area contributed by atoms with Gasteiger partial charge < -0.3 is 14.1 Å². The average molecular weight is 416 g/mol. The second kappa shape index (κ2) is 7.68. The van der Waals surface area contributed by atoms with Gasteiger partial charge in [0.25, 0.3) is 5.56 Å². The van der Waals surface area contributed by atoms with Crippen molar-refractivity contribution in [1.29, 1.82) is 5.26 Å². The molecule has 0 saturated heterocycles. The fourth-order valence-electron chi connectivity index (χ4n) is 5.02. The molecule has 3 atom stereocenters. The Hall–Kier alpha value is -3.43. The van der Waals surface area contributed by atoms with E-state index in [1.807, 2.05) is 37.3 Å². The minimum atomic E-state index is -1.42. The number of nitrogens with zero attached hydrogens (tertiary/aromatic N) is 2. The van der Waals surface area contributed by atoms with E-state index in [9.17, 15) is 20.0 Å². The zero-order valence-electron chi connectivity index (χ0n) is 17.8. The maximum Gasteiger partial charge on any atom is 0.269 e. The predicted octanol–water partition coefficient (Wildman–Crippen LogP) is 3.31. The van der Waals surface area contributed by atoms with E-state index in [4.69, 9.17) is 4.42 Å². The molecule has 2 aromatic heterocycles. The molecule has 0 radical (unpaired) electrons. The van der Waals surface area contributed by atoms with Gasteiger partial charge in [-0.25, -0.2) is 0 Å². The first-order valence-corrected chi connectivity index (χ1v) is 10.2. The van der Waals surface area contributed by atoms with Crippen LogP contribution in [0.15, 0.2) is 57.9 Å². The van der Waals surface area contributed by atoms with Crippen molar-refractivity contribution in [1.82, 2.24) is 4.57 Å². The molecule has 0 amide bonds. The number of aromatic nitrogens is 1. The Morgan fingerprint density at radius 3 is 2.58 bits per heavy atom. The third kappa shape index (κ3) is 3.41. The van der Waals surface area contributed by atoms with Gasteiger partial charge in [-0.2, -0.15) is 5.26 Å². The molecule has 1 aromatic carbocycles. The van der Waals surface area contributed by atoms with Crippen LogP contribution in [0.1, 0.15) is 53.5 Å². The quantitative estimate of drug-likeness (QED) is 0.704. The Balaban J connectivity index is 2.04. The van der Waals surface area contributed by atoms with Crippen molar-refractivity contribution >= 4 is 5.78 Å². The normalized spacial score (nSPS) is 22.5. The number of benzene rings is 1. The lowest BCUT2D eigenvalue weighted by Gasteiger charge is -2.43. The molecule has 0 aliphatic heterocycles. The van der Waals surface area contributed by atoms with E-state index >= 15 is 0 Å². The van der Waals surface area contributed by atoms with Crippen molar-refractivity contribution < 1.29 is 14.3 Å². The Labute approximate surface area is 180 Å². The number of ketones is 1. The van der Waals surface area contributed by atoms with Crippen molar-refractivity contribution in [2.24, 2.45) is 5.92 Å². The van der Waals surface area contributed by atoms with Crippen LogP contribution in [0.3, 0.4) is 0 Å². The zero-order valence-corrected chi connectivity index (χ0v) is 17.8. The molecule has 158 valence electrons. The summed E-state index contributed by atoms with van der Waals surface area (Å²) in [5.74, 6) is -1.01. The lowest BCUT2D eigenvalue weighted by molar-refractivity contribution is -0.131. The van der Waals surface area contributed by atoms with E-state index in [0.717, 1.165) is 5.56 Å². The molecule has 31 heavy (non-hydrogen) atoms. The Morgan fingerprint density at radius 2 is 2.00 bits per heavy atom. The molecule has 0 saturated carbocycles. The summed E-state index contributed by atoms with van der Waals surface area (Å²) in [5, 5.41) is 21.1. The van der Waals surface area contributed by atoms with Crippen LogP contribution in [-0.4, -0.2) is 21.1 Å². The number of rotatable bonds is 4. The van der Waals surface area contributed by atoms with E-state index in [1.54, 1.807) is 23.6 Å². The predicted molar refractivity (Wildman–Crippen MR) is 115 cm³/mol. The SMILES string of the molecule is CC(=O)C1C(c2ccco2)c2c(c(C#N)c(=O)n(Cc3ccccc3)c2C)CC1(C)O. The number of aliphatic hydroxyl groups is 1. The van der Waals surface area contributed by atoms with E-state index in [-0.39, 0.29) is 17.8 Å². The van der Waals surface area contributed by atoms with Crippen molar-refractivity contribution in [3.05, 3.63) is 92.8 Å². The fraction of sp³-hybridized carbons (Fsp3) is 0.320. The van der Waals surface area contributed by atoms with Crippen LogP contribution in [0.5, 0.6) is 0 Å². The first-order chi connectivity index (χ1) is 14.8. The largest absolute Gasteiger partial charge is 0.469 e. The van der Waals surface area contributed by atoms with Crippen LogP contribution in [-0.2, 0) is 17.8 Å². The maximum absolute atomic E-state index is 13.3. The molecule has 0 spiro atoms. The number of Topliss-reactive ketones (excluding diaryl/α,β-unsaturated/α-hetero) is 1. The van der Waals surface area contributed by atoms with Crippen molar-refractivity contribution in [3.63, 3.8) is 0 Å². The third-order valence-corrected chi connectivity index (χ3v) is 6.31. The highest BCUT2D eigenvalue weighted by atomic mass is 16.3. The summed E-state index contributed by atoms with van der Waals surface area (Å²) < 4.78 is 7.27. The highest BCUT2D eigenvalue weighted by Gasteiger charge is 2.50. The number of pyridine rings is 1. The van der Waals surface area contributed by atoms with Crippen molar-refractivity contribution in [3.8, 4) is 6.07 Å². The molecule has 4 rings (SSSR count). The molecule has 1 aliphatic rings. The van der Waals surface area contributed by atoms with E-state index in [2.05, 4.69) is 6.07 Å². The number of nitriles is 1. The number of hydrogen-bond acceptors (Lipinski definition) is 5. The first kappa shape index (κ1) is 20.8. The summed E-state index contributed by atoms with van der Waals surface area (Å²) in [7, 11) is 0. The lowest BCUT2D eigenvalue weighted by atomic mass is 9.63. The monoisotopic (exact) mass is 416 g/mol. The van der Waals surface area contributed by atoms with Gasteiger partial charge in [0.2, 0.25) is 0 Å². The molecule has 0 fully saturated rings. The lowest BCUT2D eigenvalue weighted by Crippen LogP contribution is -2.49. The summed E-state index contributed by atoms with van der Waals surface area (Å²) in [6, 6.07) is 15.1. The highest BCUT2D eigenvalue weighted by molar-refractivity contribution is 5.82. The molecule has 1 aliphatic carbocycles. The van der Waals surface area contributed by atoms with Gasteiger partial charge in [-0.15, -0.1) is 0 Å². The summed E-state index contributed by atoms with van der Waals surface area (Å²) in [6.07, 6.45) is 1.57. The summed E-state index contributed by atoms with van der Waals surface area (Å²) >= 11 is 0. The zero-order chi connectivity index (χ0) is 22.3. The minimum absolute atomic E-state index is 0.00960. The van der Waals surface area contributed by atoms with Crippen molar-refractivity contribution in [2.75, 3.05) is 0 Å².